The molecule has 3 rings (SSSR count). The van der Waals surface area contributed by atoms with Gasteiger partial charge in [-0.15, -0.1) is 0 Å². The van der Waals surface area contributed by atoms with Crippen LogP contribution in [0.25, 0.3) is 0 Å². The van der Waals surface area contributed by atoms with Crippen LogP contribution >= 0.6 is 0 Å². The number of benzene rings is 1. The van der Waals surface area contributed by atoms with Gasteiger partial charge >= 0.3 is 0 Å². The first-order valence-corrected chi connectivity index (χ1v) is 9.33. The Kier molecular flexibility index (Phi) is 6.29. The molecule has 0 bridgehead atoms. The molecule has 1 aromatic heterocycles. The van der Waals surface area contributed by atoms with Gasteiger partial charge in [-0.2, -0.15) is 0 Å². The van der Waals surface area contributed by atoms with Gasteiger partial charge in [0.25, 0.3) is 5.91 Å². The quantitative estimate of drug-likeness (QED) is 0.682. The molecule has 6 heteroatoms. The summed E-state index contributed by atoms with van der Waals surface area (Å²) in [6, 6.07) is 13.4. The van der Waals surface area contributed by atoms with Crippen LogP contribution in [0.1, 0.15) is 28.9 Å². The molecule has 0 N–H and O–H groups in total. The van der Waals surface area contributed by atoms with Crippen molar-refractivity contribution < 1.29 is 14.3 Å². The fraction of sp³-hybridized carbons (Fsp3) is 0.429. The third-order valence-electron chi connectivity index (χ3n) is 4.89. The average molecular weight is 369 g/mol. The molecular formula is C21H27N3O3. The van der Waals surface area contributed by atoms with E-state index in [4.69, 9.17) is 4.74 Å². The van der Waals surface area contributed by atoms with Gasteiger partial charge < -0.3 is 19.1 Å². The summed E-state index contributed by atoms with van der Waals surface area (Å²) >= 11 is 0. The highest BCUT2D eigenvalue weighted by atomic mass is 16.5. The predicted octanol–water partition coefficient (Wildman–Crippen LogP) is 2.30. The van der Waals surface area contributed by atoms with Gasteiger partial charge in [0.15, 0.2) is 0 Å². The maximum atomic E-state index is 13.1. The number of nitrogens with zero attached hydrogens (tertiary/aromatic N) is 3. The Balaban J connectivity index is 1.72. The van der Waals surface area contributed by atoms with Crippen LogP contribution in [0.4, 0.5) is 0 Å². The fourth-order valence-corrected chi connectivity index (χ4v) is 3.11. The Labute approximate surface area is 160 Å². The van der Waals surface area contributed by atoms with E-state index in [0.717, 1.165) is 18.5 Å². The third-order valence-corrected chi connectivity index (χ3v) is 4.89. The maximum Gasteiger partial charge on any atom is 0.254 e. The van der Waals surface area contributed by atoms with Crippen LogP contribution in [0.2, 0.25) is 0 Å². The second-order valence-electron chi connectivity index (χ2n) is 6.95. The molecule has 0 spiro atoms. The summed E-state index contributed by atoms with van der Waals surface area (Å²) < 4.78 is 7.17. The Morgan fingerprint density at radius 3 is 2.48 bits per heavy atom. The number of aryl methyl sites for hydroxylation is 1. The van der Waals surface area contributed by atoms with Crippen LogP contribution in [0.15, 0.2) is 48.7 Å². The molecule has 0 aliphatic heterocycles. The maximum absolute atomic E-state index is 13.1. The van der Waals surface area contributed by atoms with Gasteiger partial charge in [-0.3, -0.25) is 9.59 Å². The summed E-state index contributed by atoms with van der Waals surface area (Å²) in [5, 5.41) is 0. The lowest BCUT2D eigenvalue weighted by Gasteiger charge is -2.28. The summed E-state index contributed by atoms with van der Waals surface area (Å²) in [6.45, 7) is 1.42. The van der Waals surface area contributed by atoms with E-state index in [1.54, 1.807) is 24.1 Å². The van der Waals surface area contributed by atoms with E-state index >= 15 is 0 Å². The van der Waals surface area contributed by atoms with Crippen LogP contribution < -0.4 is 0 Å². The minimum atomic E-state index is -0.143. The predicted molar refractivity (Wildman–Crippen MR) is 103 cm³/mol. The highest BCUT2D eigenvalue weighted by molar-refractivity contribution is 5.96. The van der Waals surface area contributed by atoms with Crippen LogP contribution in [0.5, 0.6) is 0 Å². The highest BCUT2D eigenvalue weighted by Gasteiger charge is 2.34. The van der Waals surface area contributed by atoms with E-state index in [0.29, 0.717) is 25.3 Å². The molecule has 1 heterocycles. The number of aromatic nitrogens is 1. The number of rotatable bonds is 9. The molecule has 27 heavy (non-hydrogen) atoms. The van der Waals surface area contributed by atoms with E-state index in [-0.39, 0.29) is 24.4 Å². The minimum absolute atomic E-state index is 0.0147. The largest absolute Gasteiger partial charge is 0.383 e. The number of hydrogen-bond donors (Lipinski definition) is 0. The van der Waals surface area contributed by atoms with Gasteiger partial charge in [0.05, 0.1) is 13.2 Å². The van der Waals surface area contributed by atoms with Gasteiger partial charge in [0.1, 0.15) is 6.54 Å². The van der Waals surface area contributed by atoms with Crippen molar-refractivity contribution in [3.05, 3.63) is 59.9 Å². The first kappa shape index (κ1) is 19.2. The molecule has 1 aromatic carbocycles. The SMILES string of the molecule is COCCN(CC(=O)N(Cc1cccn1C)C1CC1)C(=O)c1ccccc1. The van der Waals surface area contributed by atoms with Crippen LogP contribution in [-0.2, 0) is 23.1 Å². The summed E-state index contributed by atoms with van der Waals surface area (Å²) in [6.07, 6.45) is 4.04. The van der Waals surface area contributed by atoms with Crippen LogP contribution in [-0.4, -0.2) is 59.0 Å². The molecular weight excluding hydrogens is 342 g/mol. The van der Waals surface area contributed by atoms with Crippen molar-refractivity contribution in [2.45, 2.75) is 25.4 Å². The van der Waals surface area contributed by atoms with Crippen molar-refractivity contribution in [2.24, 2.45) is 7.05 Å². The van der Waals surface area contributed by atoms with E-state index in [1.165, 1.54) is 0 Å². The normalized spacial score (nSPS) is 13.4. The molecule has 2 aromatic rings. The van der Waals surface area contributed by atoms with Gasteiger partial charge in [-0.25, -0.2) is 0 Å². The second-order valence-corrected chi connectivity index (χ2v) is 6.95. The molecule has 2 amide bonds. The molecule has 0 atom stereocenters. The average Bonchev–Trinajstić information content (AvgIpc) is 3.45. The molecule has 1 saturated carbocycles. The fourth-order valence-electron chi connectivity index (χ4n) is 3.11. The lowest BCUT2D eigenvalue weighted by Crippen LogP contribution is -2.44. The number of carbonyl (C=O) groups excluding carboxylic acids is 2. The van der Waals surface area contributed by atoms with Crippen molar-refractivity contribution >= 4 is 11.8 Å². The smallest absolute Gasteiger partial charge is 0.254 e. The third kappa shape index (κ3) is 4.98. The monoisotopic (exact) mass is 369 g/mol. The number of hydrogen-bond acceptors (Lipinski definition) is 3. The van der Waals surface area contributed by atoms with E-state index < -0.39 is 0 Å². The van der Waals surface area contributed by atoms with Gasteiger partial charge in [0, 0.05) is 44.2 Å². The molecule has 0 radical (unpaired) electrons. The minimum Gasteiger partial charge on any atom is -0.383 e. The summed E-state index contributed by atoms with van der Waals surface area (Å²) in [5.74, 6) is -0.158. The number of ether oxygens (including phenoxy) is 1. The van der Waals surface area contributed by atoms with Crippen molar-refractivity contribution in [3.63, 3.8) is 0 Å². The number of methoxy groups -OCH3 is 1. The van der Waals surface area contributed by atoms with Crippen molar-refractivity contribution in [3.8, 4) is 0 Å². The summed E-state index contributed by atoms with van der Waals surface area (Å²) in [5.41, 5.74) is 1.68. The Morgan fingerprint density at radius 2 is 1.89 bits per heavy atom. The molecule has 1 fully saturated rings. The molecule has 144 valence electrons. The molecule has 0 unspecified atom stereocenters. The molecule has 0 saturated heterocycles. The summed E-state index contributed by atoms with van der Waals surface area (Å²) in [7, 11) is 3.58. The van der Waals surface area contributed by atoms with Gasteiger partial charge in [-0.05, 0) is 37.1 Å². The zero-order chi connectivity index (χ0) is 19.2. The highest BCUT2D eigenvalue weighted by Crippen LogP contribution is 2.28. The van der Waals surface area contributed by atoms with E-state index in [2.05, 4.69) is 0 Å². The Morgan fingerprint density at radius 1 is 1.15 bits per heavy atom. The van der Waals surface area contributed by atoms with Crippen molar-refractivity contribution in [2.75, 3.05) is 26.8 Å². The van der Waals surface area contributed by atoms with Crippen molar-refractivity contribution in [1.29, 1.82) is 0 Å². The lowest BCUT2D eigenvalue weighted by atomic mass is 10.2. The Hall–Kier alpha value is -2.60. The topological polar surface area (TPSA) is 54.8 Å². The van der Waals surface area contributed by atoms with E-state index in [1.807, 2.05) is 53.0 Å². The zero-order valence-corrected chi connectivity index (χ0v) is 16.0. The Bertz CT molecular complexity index is 768. The molecule has 1 aliphatic carbocycles. The van der Waals surface area contributed by atoms with Gasteiger partial charge in [0.2, 0.25) is 5.91 Å². The standard InChI is InChI=1S/C21H27N3O3/c1-22-12-6-9-19(22)15-24(18-10-11-18)20(25)16-23(13-14-27-2)21(26)17-7-4-3-5-8-17/h3-9,12,18H,10-11,13-16H2,1-2H3. The summed E-state index contributed by atoms with van der Waals surface area (Å²) in [4.78, 5) is 29.4. The van der Waals surface area contributed by atoms with Gasteiger partial charge in [-0.1, -0.05) is 18.2 Å². The number of carbonyl (C=O) groups is 2. The molecule has 1 aliphatic rings. The lowest BCUT2D eigenvalue weighted by molar-refractivity contribution is -0.133. The molecule has 6 nitrogen and oxygen atoms in total. The first-order valence-electron chi connectivity index (χ1n) is 9.33. The number of amides is 2. The van der Waals surface area contributed by atoms with Crippen molar-refractivity contribution in [1.82, 2.24) is 14.4 Å². The zero-order valence-electron chi connectivity index (χ0n) is 16.0. The van der Waals surface area contributed by atoms with Crippen LogP contribution in [0.3, 0.4) is 0 Å². The second kappa shape index (κ2) is 8.86. The van der Waals surface area contributed by atoms with Crippen LogP contribution in [0, 0.1) is 0 Å². The first-order chi connectivity index (χ1) is 13.1. The van der Waals surface area contributed by atoms with E-state index in [9.17, 15) is 9.59 Å².